The van der Waals surface area contributed by atoms with Crippen LogP contribution in [0.1, 0.15) is 40.0 Å². The maximum absolute atomic E-state index is 6.39. The Morgan fingerprint density at radius 2 is 0.938 bits per heavy atom. The molecule has 0 aromatic carbocycles. The fraction of sp³-hybridized carbons (Fsp3) is 1.00. The van der Waals surface area contributed by atoms with Crippen molar-refractivity contribution >= 4 is 67.1 Å². The van der Waals surface area contributed by atoms with Gasteiger partial charge in [-0.3, -0.25) is 0 Å². The fourth-order valence-electron chi connectivity index (χ4n) is 3.25. The van der Waals surface area contributed by atoms with Crippen LogP contribution in [0, 0.1) is 0 Å². The van der Waals surface area contributed by atoms with E-state index in [4.69, 9.17) is 42.9 Å². The van der Waals surface area contributed by atoms with E-state index < -0.39 is 32.5 Å². The van der Waals surface area contributed by atoms with Crippen molar-refractivity contribution in [3.63, 3.8) is 0 Å². The highest BCUT2D eigenvalue weighted by Gasteiger charge is 2.26. The molecule has 0 aliphatic rings. The largest absolute Gasteiger partial charge is 0.400 e. The van der Waals surface area contributed by atoms with Crippen molar-refractivity contribution in [2.24, 2.45) is 0 Å². The molecule has 3 atom stereocenters. The average Bonchev–Trinajstić information content (AvgIpc) is 2.76. The average molecular weight is 585 g/mol. The fourth-order valence-corrected chi connectivity index (χ4v) is 17.0. The third-order valence-corrected chi connectivity index (χ3v) is 21.5. The Labute approximate surface area is 214 Å². The minimum atomic E-state index is -2.06. The van der Waals surface area contributed by atoms with Gasteiger partial charge >= 0.3 is 27.9 Å². The molecule has 32 heavy (non-hydrogen) atoms. The van der Waals surface area contributed by atoms with Crippen molar-refractivity contribution in [1.29, 1.82) is 0 Å². The molecule has 0 aliphatic heterocycles. The van der Waals surface area contributed by atoms with Crippen molar-refractivity contribution in [1.82, 2.24) is 0 Å². The SMILES string of the molecule is CO[SiH](OC)C(C)CCOP(=S)(SCCC(C)[SiH](OC)OC)SCCC(C)[SiH](OC)OC. The van der Waals surface area contributed by atoms with Crippen LogP contribution in [0.5, 0.6) is 0 Å². The van der Waals surface area contributed by atoms with E-state index in [9.17, 15) is 0 Å². The van der Waals surface area contributed by atoms with Gasteiger partial charge in [0.25, 0.3) is 0 Å². The van der Waals surface area contributed by atoms with E-state index in [1.54, 1.807) is 42.7 Å². The van der Waals surface area contributed by atoms with E-state index in [0.717, 1.165) is 30.8 Å². The van der Waals surface area contributed by atoms with Crippen molar-refractivity contribution < 1.29 is 31.1 Å². The zero-order valence-corrected chi connectivity index (χ0v) is 28.0. The topological polar surface area (TPSA) is 64.6 Å². The highest BCUT2D eigenvalue weighted by Crippen LogP contribution is 2.70. The third-order valence-electron chi connectivity index (χ3n) is 5.26. The Balaban J connectivity index is 4.86. The summed E-state index contributed by atoms with van der Waals surface area (Å²) in [6, 6.07) is 0. The number of hydrogen-bond acceptors (Lipinski definition) is 10. The van der Waals surface area contributed by atoms with Crippen molar-refractivity contribution in [2.75, 3.05) is 60.8 Å². The molecule has 3 unspecified atom stereocenters. The van der Waals surface area contributed by atoms with E-state index in [-0.39, 0.29) is 0 Å². The molecular formula is C18H45O7PS3Si3. The Kier molecular flexibility index (Phi) is 20.9. The molecule has 0 spiro atoms. The lowest BCUT2D eigenvalue weighted by atomic mass is 10.3. The number of hydrogen-bond donors (Lipinski definition) is 0. The summed E-state index contributed by atoms with van der Waals surface area (Å²) in [5.74, 6) is 1.90. The Morgan fingerprint density at radius 3 is 1.25 bits per heavy atom. The monoisotopic (exact) mass is 584 g/mol. The van der Waals surface area contributed by atoms with E-state index in [1.807, 2.05) is 22.8 Å². The Morgan fingerprint density at radius 1 is 0.625 bits per heavy atom. The highest BCUT2D eigenvalue weighted by molar-refractivity contribution is 8.99. The minimum absolute atomic E-state index is 0.369. The molecule has 7 nitrogen and oxygen atoms in total. The Hall–Kier alpha value is 1.72. The van der Waals surface area contributed by atoms with Gasteiger partial charge in [-0.1, -0.05) is 43.5 Å². The lowest BCUT2D eigenvalue weighted by molar-refractivity contribution is 0.256. The maximum Gasteiger partial charge on any atom is 0.323 e. The molecule has 194 valence electrons. The Bertz CT molecular complexity index is 438. The van der Waals surface area contributed by atoms with Crippen molar-refractivity contribution in [3.8, 4) is 0 Å². The van der Waals surface area contributed by atoms with Gasteiger partial charge in [-0.15, -0.1) is 0 Å². The second-order valence-electron chi connectivity index (χ2n) is 7.76. The maximum atomic E-state index is 6.39. The predicted molar refractivity (Wildman–Crippen MR) is 151 cm³/mol. The van der Waals surface area contributed by atoms with Gasteiger partial charge in [0.05, 0.1) is 6.61 Å². The van der Waals surface area contributed by atoms with Crippen LogP contribution in [0.15, 0.2) is 0 Å². The summed E-state index contributed by atoms with van der Waals surface area (Å²) < 4.78 is 37.5. The smallest absolute Gasteiger partial charge is 0.323 e. The van der Waals surface area contributed by atoms with E-state index >= 15 is 0 Å². The first-order valence-corrected chi connectivity index (χ1v) is 21.6. The third kappa shape index (κ3) is 13.7. The van der Waals surface area contributed by atoms with Gasteiger partial charge in [-0.05, 0) is 47.7 Å². The first kappa shape index (κ1) is 33.7. The van der Waals surface area contributed by atoms with Crippen LogP contribution in [0.2, 0.25) is 16.6 Å². The predicted octanol–water partition coefficient (Wildman–Crippen LogP) is 4.57. The van der Waals surface area contributed by atoms with Gasteiger partial charge < -0.3 is 31.1 Å². The molecule has 0 aromatic heterocycles. The van der Waals surface area contributed by atoms with Crippen LogP contribution in [0.25, 0.3) is 0 Å². The van der Waals surface area contributed by atoms with Crippen molar-refractivity contribution in [2.45, 2.75) is 56.7 Å². The quantitative estimate of drug-likeness (QED) is 0.142. The molecule has 0 radical (unpaired) electrons. The van der Waals surface area contributed by atoms with Crippen LogP contribution in [-0.4, -0.2) is 88.6 Å². The molecule has 0 amide bonds. The van der Waals surface area contributed by atoms with Gasteiger partial charge in [-0.25, -0.2) is 0 Å². The van der Waals surface area contributed by atoms with Crippen LogP contribution in [-0.2, 0) is 42.9 Å². The summed E-state index contributed by atoms with van der Waals surface area (Å²) in [6.07, 6.45) is 2.93. The molecule has 0 heterocycles. The summed E-state index contributed by atoms with van der Waals surface area (Å²) in [5, 5.41) is 0. The summed E-state index contributed by atoms with van der Waals surface area (Å²) in [7, 11) is 5.54. The van der Waals surface area contributed by atoms with Gasteiger partial charge in [0.1, 0.15) is 0 Å². The van der Waals surface area contributed by atoms with Crippen molar-refractivity contribution in [3.05, 3.63) is 0 Å². The summed E-state index contributed by atoms with van der Waals surface area (Å²) >= 11 is 9.70. The zero-order valence-electron chi connectivity index (χ0n) is 21.2. The molecule has 0 saturated carbocycles. The minimum Gasteiger partial charge on any atom is -0.400 e. The van der Waals surface area contributed by atoms with Gasteiger partial charge in [-0.2, -0.15) is 0 Å². The molecule has 14 heteroatoms. The van der Waals surface area contributed by atoms with Crippen LogP contribution in [0.3, 0.4) is 0 Å². The lowest BCUT2D eigenvalue weighted by Gasteiger charge is -2.25. The van der Waals surface area contributed by atoms with Crippen LogP contribution < -0.4 is 0 Å². The molecule has 0 rings (SSSR count). The second-order valence-corrected chi connectivity index (χ2v) is 27.0. The van der Waals surface area contributed by atoms with E-state index in [1.165, 1.54) is 0 Å². The molecule has 0 saturated heterocycles. The van der Waals surface area contributed by atoms with Gasteiger partial charge in [0, 0.05) is 54.2 Å². The summed E-state index contributed by atoms with van der Waals surface area (Å²) in [5.41, 5.74) is 1.22. The van der Waals surface area contributed by atoms with Crippen LogP contribution >= 0.6 is 27.4 Å². The zero-order chi connectivity index (χ0) is 24.6. The van der Waals surface area contributed by atoms with E-state index in [2.05, 4.69) is 20.8 Å². The van der Waals surface area contributed by atoms with E-state index in [0.29, 0.717) is 23.2 Å². The summed E-state index contributed by atoms with van der Waals surface area (Å²) in [6.45, 7) is 7.21. The molecule has 0 aliphatic carbocycles. The first-order valence-electron chi connectivity index (χ1n) is 10.9. The van der Waals surface area contributed by atoms with Gasteiger partial charge in [0.2, 0.25) is 0 Å². The molecule has 0 aromatic rings. The standard InChI is InChI=1S/C18H45O7PS3Si3/c1-16(30(19-4)20-5)10-13-25-26(27,28-14-11-17(2)31(21-6)22-7)29-15-12-18(3)32(23-8)24-9/h16-18,30-32H,10-15H2,1-9H3. The molecule has 0 N–H and O–H groups in total. The first-order chi connectivity index (χ1) is 15.2. The second kappa shape index (κ2) is 19.9. The molecule has 0 bridgehead atoms. The lowest BCUT2D eigenvalue weighted by Crippen LogP contribution is -2.25. The molecule has 0 fully saturated rings. The molecular weight excluding hydrogens is 540 g/mol. The normalized spacial score (nSPS) is 17.1. The summed E-state index contributed by atoms with van der Waals surface area (Å²) in [4.78, 5) is 0. The highest BCUT2D eigenvalue weighted by atomic mass is 33.2. The van der Waals surface area contributed by atoms with Gasteiger partial charge in [0.15, 0.2) is 4.67 Å². The number of rotatable bonds is 21. The van der Waals surface area contributed by atoms with Crippen LogP contribution in [0.4, 0.5) is 0 Å².